The van der Waals surface area contributed by atoms with Crippen LogP contribution in [-0.4, -0.2) is 5.91 Å². The molecule has 0 aromatic heterocycles. The maximum absolute atomic E-state index is 13.5. The van der Waals surface area contributed by atoms with Gasteiger partial charge in [-0.1, -0.05) is 12.1 Å². The van der Waals surface area contributed by atoms with Gasteiger partial charge in [0, 0.05) is 0 Å². The van der Waals surface area contributed by atoms with Crippen LogP contribution in [0, 0.1) is 29.1 Å². The molecule has 22 heavy (non-hydrogen) atoms. The number of hydrogen-bond donors (Lipinski definition) is 1. The minimum atomic E-state index is -2.06. The third kappa shape index (κ3) is 3.08. The number of hydrogen-bond acceptors (Lipinski definition) is 1. The van der Waals surface area contributed by atoms with Crippen LogP contribution in [0.1, 0.15) is 28.9 Å². The first kappa shape index (κ1) is 15.9. The normalized spacial score (nSPS) is 12.1. The molecule has 1 N–H and O–H groups in total. The summed E-state index contributed by atoms with van der Waals surface area (Å²) in [5.41, 5.74) is -0.455. The molecule has 0 bridgehead atoms. The highest BCUT2D eigenvalue weighted by Gasteiger charge is 2.23. The minimum absolute atomic E-state index is 0.278. The van der Waals surface area contributed by atoms with Crippen molar-refractivity contribution in [3.8, 4) is 0 Å². The molecule has 0 radical (unpaired) electrons. The third-order valence-electron chi connectivity index (χ3n) is 3.06. The average Bonchev–Trinajstić information content (AvgIpc) is 2.49. The summed E-state index contributed by atoms with van der Waals surface area (Å²) in [7, 11) is 0. The van der Waals surface area contributed by atoms with Crippen molar-refractivity contribution in [1.29, 1.82) is 0 Å². The van der Waals surface area contributed by atoms with Gasteiger partial charge in [-0.15, -0.1) is 0 Å². The lowest BCUT2D eigenvalue weighted by Gasteiger charge is -2.15. The van der Waals surface area contributed by atoms with Crippen LogP contribution in [0.5, 0.6) is 0 Å². The predicted octanol–water partition coefficient (Wildman–Crippen LogP) is 3.87. The number of carbonyl (C=O) groups is 1. The van der Waals surface area contributed by atoms with Crippen LogP contribution in [0.15, 0.2) is 30.3 Å². The molecule has 2 rings (SSSR count). The molecule has 2 aromatic carbocycles. The largest absolute Gasteiger partial charge is 0.345 e. The van der Waals surface area contributed by atoms with E-state index in [2.05, 4.69) is 5.32 Å². The molecule has 0 aliphatic carbocycles. The van der Waals surface area contributed by atoms with Crippen molar-refractivity contribution in [2.75, 3.05) is 0 Å². The number of nitrogens with one attached hydrogen (secondary N) is 1. The molecule has 7 heteroatoms. The van der Waals surface area contributed by atoms with Crippen LogP contribution in [0.2, 0.25) is 0 Å². The number of carbonyl (C=O) groups excluding carboxylic acids is 1. The van der Waals surface area contributed by atoms with Gasteiger partial charge in [-0.3, -0.25) is 4.79 Å². The van der Waals surface area contributed by atoms with Gasteiger partial charge in [-0.05, 0) is 30.7 Å². The van der Waals surface area contributed by atoms with Crippen molar-refractivity contribution >= 4 is 5.91 Å². The highest BCUT2D eigenvalue weighted by atomic mass is 19.2. The smallest absolute Gasteiger partial charge is 0.254 e. The standard InChI is InChI=1S/C15H10F5NO/c1-7(8-2-4-9(16)5-3-8)21-15(22)10-6-11(17)13(19)14(20)12(10)18/h2-7H,1H3,(H,21,22). The molecule has 116 valence electrons. The molecular formula is C15H10F5NO. The Morgan fingerprint density at radius 1 is 0.955 bits per heavy atom. The summed E-state index contributed by atoms with van der Waals surface area (Å²) < 4.78 is 65.3. The summed E-state index contributed by atoms with van der Waals surface area (Å²) in [4.78, 5) is 11.9. The van der Waals surface area contributed by atoms with Crippen molar-refractivity contribution in [2.24, 2.45) is 0 Å². The zero-order valence-corrected chi connectivity index (χ0v) is 11.3. The van der Waals surface area contributed by atoms with Crippen LogP contribution in [0.4, 0.5) is 22.0 Å². The van der Waals surface area contributed by atoms with E-state index >= 15 is 0 Å². The fourth-order valence-electron chi connectivity index (χ4n) is 1.85. The van der Waals surface area contributed by atoms with Gasteiger partial charge in [0.25, 0.3) is 5.91 Å². The van der Waals surface area contributed by atoms with Crippen molar-refractivity contribution < 1.29 is 26.7 Å². The maximum atomic E-state index is 13.5. The maximum Gasteiger partial charge on any atom is 0.254 e. The Morgan fingerprint density at radius 3 is 2.14 bits per heavy atom. The number of amides is 1. The van der Waals surface area contributed by atoms with Crippen LogP contribution >= 0.6 is 0 Å². The van der Waals surface area contributed by atoms with Gasteiger partial charge in [-0.25, -0.2) is 22.0 Å². The van der Waals surface area contributed by atoms with Gasteiger partial charge in [-0.2, -0.15) is 0 Å². The molecule has 0 saturated heterocycles. The SMILES string of the molecule is CC(NC(=O)c1cc(F)c(F)c(F)c1F)c1ccc(F)cc1. The van der Waals surface area contributed by atoms with Gasteiger partial charge in [0.2, 0.25) is 0 Å². The second kappa shape index (κ2) is 6.13. The summed E-state index contributed by atoms with van der Waals surface area (Å²) >= 11 is 0. The van der Waals surface area contributed by atoms with E-state index in [0.717, 1.165) is 12.1 Å². The monoisotopic (exact) mass is 315 g/mol. The molecule has 1 amide bonds. The Kier molecular flexibility index (Phi) is 4.44. The summed E-state index contributed by atoms with van der Waals surface area (Å²) in [5.74, 6) is -9.08. The Morgan fingerprint density at radius 2 is 1.55 bits per heavy atom. The molecule has 0 aliphatic rings. The van der Waals surface area contributed by atoms with E-state index < -0.39 is 46.6 Å². The fraction of sp³-hybridized carbons (Fsp3) is 0.133. The second-order valence-electron chi connectivity index (χ2n) is 4.59. The first-order valence-electron chi connectivity index (χ1n) is 6.20. The van der Waals surface area contributed by atoms with E-state index in [0.29, 0.717) is 5.56 Å². The molecule has 0 spiro atoms. The van der Waals surface area contributed by atoms with Crippen LogP contribution in [-0.2, 0) is 0 Å². The summed E-state index contributed by atoms with van der Waals surface area (Å²) in [6.07, 6.45) is 0. The third-order valence-corrected chi connectivity index (χ3v) is 3.06. The van der Waals surface area contributed by atoms with Gasteiger partial charge >= 0.3 is 0 Å². The first-order chi connectivity index (χ1) is 10.3. The molecule has 1 unspecified atom stereocenters. The number of benzene rings is 2. The van der Waals surface area contributed by atoms with E-state index in [1.54, 1.807) is 0 Å². The highest BCUT2D eigenvalue weighted by Crippen LogP contribution is 2.20. The molecular weight excluding hydrogens is 305 g/mol. The first-order valence-corrected chi connectivity index (χ1v) is 6.20. The molecule has 0 saturated carbocycles. The number of halogens is 5. The van der Waals surface area contributed by atoms with E-state index in [1.165, 1.54) is 19.1 Å². The van der Waals surface area contributed by atoms with Crippen LogP contribution in [0.3, 0.4) is 0 Å². The van der Waals surface area contributed by atoms with Gasteiger partial charge < -0.3 is 5.32 Å². The summed E-state index contributed by atoms with van der Waals surface area (Å²) in [6, 6.07) is 4.71. The minimum Gasteiger partial charge on any atom is -0.345 e. The average molecular weight is 315 g/mol. The van der Waals surface area contributed by atoms with Gasteiger partial charge in [0.05, 0.1) is 11.6 Å². The topological polar surface area (TPSA) is 29.1 Å². The molecule has 0 heterocycles. The van der Waals surface area contributed by atoms with Gasteiger partial charge in [0.15, 0.2) is 23.3 Å². The lowest BCUT2D eigenvalue weighted by atomic mass is 10.1. The predicted molar refractivity (Wildman–Crippen MR) is 68.6 cm³/mol. The lowest BCUT2D eigenvalue weighted by molar-refractivity contribution is 0.0933. The Labute approximate surface area is 122 Å². The van der Waals surface area contributed by atoms with Crippen LogP contribution < -0.4 is 5.32 Å². The van der Waals surface area contributed by atoms with E-state index in [4.69, 9.17) is 0 Å². The van der Waals surface area contributed by atoms with E-state index in [9.17, 15) is 26.7 Å². The van der Waals surface area contributed by atoms with Crippen molar-refractivity contribution in [1.82, 2.24) is 5.32 Å². The van der Waals surface area contributed by atoms with E-state index in [1.807, 2.05) is 0 Å². The van der Waals surface area contributed by atoms with Crippen LogP contribution in [0.25, 0.3) is 0 Å². The zero-order valence-electron chi connectivity index (χ0n) is 11.3. The number of rotatable bonds is 3. The van der Waals surface area contributed by atoms with Crippen molar-refractivity contribution in [3.05, 3.63) is 70.5 Å². The molecule has 0 fully saturated rings. The summed E-state index contributed by atoms with van der Waals surface area (Å²) in [6.45, 7) is 1.51. The van der Waals surface area contributed by atoms with Crippen molar-refractivity contribution in [3.63, 3.8) is 0 Å². The highest BCUT2D eigenvalue weighted by molar-refractivity contribution is 5.94. The quantitative estimate of drug-likeness (QED) is 0.520. The zero-order chi connectivity index (χ0) is 16.4. The Balaban J connectivity index is 2.24. The Bertz CT molecular complexity index is 715. The lowest BCUT2D eigenvalue weighted by Crippen LogP contribution is -2.28. The van der Waals surface area contributed by atoms with E-state index in [-0.39, 0.29) is 6.07 Å². The molecule has 2 aromatic rings. The Hall–Kier alpha value is -2.44. The molecule has 2 nitrogen and oxygen atoms in total. The molecule has 1 atom stereocenters. The molecule has 0 aliphatic heterocycles. The van der Waals surface area contributed by atoms with Gasteiger partial charge in [0.1, 0.15) is 5.82 Å². The fourth-order valence-corrected chi connectivity index (χ4v) is 1.85. The van der Waals surface area contributed by atoms with Crippen molar-refractivity contribution in [2.45, 2.75) is 13.0 Å². The summed E-state index contributed by atoms with van der Waals surface area (Å²) in [5, 5.41) is 2.29. The second-order valence-corrected chi connectivity index (χ2v) is 4.59.